The number of aryl methyl sites for hydroxylation is 2. The number of ether oxygens (including phenoxy) is 4. The summed E-state index contributed by atoms with van der Waals surface area (Å²) < 4.78 is 32.0. The molecule has 16 aromatic rings. The number of aromatic hydroxyl groups is 1. The largest absolute Gasteiger partial charge is 0.508 e. The molecule has 0 aliphatic carbocycles. The van der Waals surface area contributed by atoms with Crippen molar-refractivity contribution in [3.05, 3.63) is 332 Å². The van der Waals surface area contributed by atoms with E-state index in [0.29, 0.717) is 21.3 Å². The minimum Gasteiger partial charge on any atom is -0.508 e. The SMILES string of the molecule is COc1cccc(N(C(=O)c2cc3ccc(C)cc3s2)C2CCN(C)C2)c1.COc1cccc(N(C(=O)c2cc3ccccc3o2)C2CCN(C)CC2)c1.COc1cccc(N(C(=O)c2cc3ccccc3s2)C2CCN(C)C2)c1.COc1cccc(N(C(=O)c2cc3ccccc3s2)C2CCN(CCc3ccccc3)CC2)c1.Cc1ccc2c(Cl)c(C(=O)N(c3cccc(O)c3)C3CCN(C)CC3)sc2c1. The highest BCUT2D eigenvalue weighted by Gasteiger charge is 2.39. The summed E-state index contributed by atoms with van der Waals surface area (Å²) in [5.74, 6) is 3.60. The van der Waals surface area contributed by atoms with Crippen LogP contribution in [0.1, 0.15) is 117 Å². The fraction of sp³-hybridized carbons (Fsp3) is 0.302. The van der Waals surface area contributed by atoms with E-state index >= 15 is 0 Å². The number of nitrogens with zero attached hydrogens (tertiary/aromatic N) is 10. The van der Waals surface area contributed by atoms with Crippen LogP contribution in [-0.2, 0) is 6.42 Å². The number of piperidine rings is 3. The summed E-state index contributed by atoms with van der Waals surface area (Å²) in [6.07, 6.45) is 8.57. The highest BCUT2D eigenvalue weighted by molar-refractivity contribution is 7.22. The van der Waals surface area contributed by atoms with Crippen LogP contribution in [0.4, 0.5) is 28.4 Å². The average Bonchev–Trinajstić information content (AvgIpc) is 1.61. The molecule has 2 atom stereocenters. The number of phenols is 1. The number of rotatable bonds is 22. The van der Waals surface area contributed by atoms with Gasteiger partial charge in [-0.3, -0.25) is 24.0 Å². The lowest BCUT2D eigenvalue weighted by atomic mass is 10.0. The molecule has 0 spiro atoms. The van der Waals surface area contributed by atoms with Gasteiger partial charge < -0.3 is 77.5 Å². The maximum Gasteiger partial charge on any atom is 0.294 e. The molecule has 5 aliphatic heterocycles. The fourth-order valence-electron chi connectivity index (χ4n) is 19.6. The molecule has 0 saturated carbocycles. The number of halogens is 1. The lowest BCUT2D eigenvalue weighted by molar-refractivity contribution is 0.0935. The summed E-state index contributed by atoms with van der Waals surface area (Å²) >= 11 is 12.8. The summed E-state index contributed by atoms with van der Waals surface area (Å²) in [6, 6.07) is 93.8. The lowest BCUT2D eigenvalue weighted by Gasteiger charge is -2.38. The van der Waals surface area contributed by atoms with Crippen LogP contribution < -0.4 is 43.4 Å². The fourth-order valence-corrected chi connectivity index (χ4v) is 24.3. The third-order valence-corrected chi connectivity index (χ3v) is 32.3. The number of thiophene rings is 4. The Morgan fingerprint density at radius 2 is 0.725 bits per heavy atom. The van der Waals surface area contributed by atoms with Crippen molar-refractivity contribution in [2.24, 2.45) is 0 Å². The van der Waals surface area contributed by atoms with Gasteiger partial charge in [-0.2, -0.15) is 0 Å². The molecule has 0 bridgehead atoms. The van der Waals surface area contributed by atoms with Crippen LogP contribution in [0.2, 0.25) is 5.02 Å². The Bertz CT molecular complexity index is 6960. The van der Waals surface area contributed by atoms with Crippen molar-refractivity contribution in [1.82, 2.24) is 24.5 Å². The third-order valence-electron chi connectivity index (χ3n) is 27.4. The van der Waals surface area contributed by atoms with E-state index in [-0.39, 0.29) is 65.5 Å². The van der Waals surface area contributed by atoms with Crippen LogP contribution in [0, 0.1) is 13.8 Å². The Kier molecular flexibility index (Phi) is 33.3. The molecule has 5 amide bonds. The number of benzene rings is 11. The Labute approximate surface area is 852 Å². The molecule has 21 nitrogen and oxygen atoms in total. The first-order chi connectivity index (χ1) is 69.0. The normalized spacial score (nSPS) is 16.2. The molecule has 11 aromatic carbocycles. The smallest absolute Gasteiger partial charge is 0.294 e. The Balaban J connectivity index is 0.000000122. The van der Waals surface area contributed by atoms with Gasteiger partial charge in [-0.1, -0.05) is 151 Å². The van der Waals surface area contributed by atoms with Crippen LogP contribution in [0.3, 0.4) is 0 Å². The van der Waals surface area contributed by atoms with Gasteiger partial charge in [0.1, 0.15) is 39.2 Å². The van der Waals surface area contributed by atoms with E-state index < -0.39 is 0 Å². The standard InChI is InChI=1S/C29H30N2O2S.C22H23ClN2O2S.C22H24N2O3.C22H24N2O2S.C21H22N2O2S/c1-33-26-12-7-11-25(21-26)31(29(32)28-20-23-10-5-6-13-27(23)34-28)24-15-18-30(19-16-24)17-14-22-8-3-2-4-9-22;1-14-6-7-18-19(12-14)28-21(20(18)23)22(27)25(15-8-10-24(2)11-9-15)16-4-3-5-17(26)13-16;1-23-12-10-17(11-13-23)24(18-7-5-8-19(15-18)26-2)22(25)21-14-16-6-3-4-9-20(16)27-21;1-15-7-8-16-12-21(27-20(16)11-15)22(25)24(18-9-10-23(2)14-18)17-5-4-6-19(13-17)26-3;1-22-11-10-17(14-22)23(16-7-5-8-18(13-16)25-2)21(24)20-12-15-6-3-4-9-19(15)26-20/h2-13,20-21,24H,14-19H2,1H3;3-7,12-13,15,26H,8-11H2,1-2H3;3-9,14-15,17H,10-13H2,1-2H3;4-8,11-13,18H,9-10,14H2,1-3H3;3-9,12-13,17H,10-11,14H2,1-2H3. The number of methoxy groups -OCH3 is 4. The maximum atomic E-state index is 13.9. The number of para-hydroxylation sites is 1. The summed E-state index contributed by atoms with van der Waals surface area (Å²) in [5, 5.41) is 15.7. The molecule has 734 valence electrons. The van der Waals surface area contributed by atoms with E-state index in [1.807, 2.05) is 219 Å². The van der Waals surface area contributed by atoms with Crippen molar-refractivity contribution in [1.29, 1.82) is 0 Å². The Hall–Kier alpha value is -12.8. The molecule has 5 saturated heterocycles. The maximum absolute atomic E-state index is 13.9. The van der Waals surface area contributed by atoms with Crippen molar-refractivity contribution in [2.75, 3.05) is 153 Å². The summed E-state index contributed by atoms with van der Waals surface area (Å²) in [5.41, 5.74) is 8.72. The van der Waals surface area contributed by atoms with Crippen LogP contribution in [0.25, 0.3) is 51.3 Å². The number of amides is 5. The second-order valence-electron chi connectivity index (χ2n) is 37.3. The highest BCUT2D eigenvalue weighted by Crippen LogP contribution is 2.43. The van der Waals surface area contributed by atoms with E-state index in [9.17, 15) is 29.1 Å². The first-order valence-corrected chi connectivity index (χ1v) is 52.3. The number of furan rings is 1. The molecule has 2 unspecified atom stereocenters. The van der Waals surface area contributed by atoms with Gasteiger partial charge >= 0.3 is 0 Å². The number of likely N-dealkylation sites (N-methyl/N-ethyl adjacent to an activating group) is 2. The van der Waals surface area contributed by atoms with Crippen LogP contribution >= 0.6 is 56.9 Å². The van der Waals surface area contributed by atoms with Gasteiger partial charge in [-0.05, 0) is 287 Å². The molecule has 0 radical (unpaired) electrons. The highest BCUT2D eigenvalue weighted by atomic mass is 35.5. The number of hydrogen-bond acceptors (Lipinski definition) is 20. The number of fused-ring (bicyclic) bond motifs is 5. The van der Waals surface area contributed by atoms with Gasteiger partial charge in [0.05, 0.1) is 60.2 Å². The van der Waals surface area contributed by atoms with Crippen LogP contribution in [-0.4, -0.2) is 218 Å². The van der Waals surface area contributed by atoms with E-state index in [4.69, 9.17) is 35.0 Å². The van der Waals surface area contributed by atoms with Crippen molar-refractivity contribution in [2.45, 2.75) is 102 Å². The third kappa shape index (κ3) is 24.2. The van der Waals surface area contributed by atoms with E-state index in [1.54, 1.807) is 80.6 Å². The number of carbonyl (C=O) groups excluding carboxylic acids is 5. The Morgan fingerprint density at radius 3 is 1.17 bits per heavy atom. The number of phenolic OH excluding ortho intramolecular Hbond substituents is 1. The average molecular weight is 2000 g/mol. The molecule has 21 rings (SSSR count). The van der Waals surface area contributed by atoms with Gasteiger partial charge in [0.15, 0.2) is 5.76 Å². The summed E-state index contributed by atoms with van der Waals surface area (Å²) in [4.78, 5) is 92.3. The second kappa shape index (κ2) is 47.0. The van der Waals surface area contributed by atoms with Crippen LogP contribution in [0.15, 0.2) is 290 Å². The predicted molar refractivity (Wildman–Crippen MR) is 585 cm³/mol. The minimum atomic E-state index is -0.103. The predicted octanol–water partition coefficient (Wildman–Crippen LogP) is 24.6. The Morgan fingerprint density at radius 1 is 0.352 bits per heavy atom. The minimum absolute atomic E-state index is 0.0692. The lowest BCUT2D eigenvalue weighted by Crippen LogP contribution is -2.48. The molecule has 1 N–H and O–H groups in total. The monoisotopic (exact) mass is 1990 g/mol. The summed E-state index contributed by atoms with van der Waals surface area (Å²) in [6.45, 7) is 14.8. The molecule has 5 aliphatic rings. The van der Waals surface area contributed by atoms with Gasteiger partial charge in [0.25, 0.3) is 29.5 Å². The quantitative estimate of drug-likeness (QED) is 0.0674. The van der Waals surface area contributed by atoms with E-state index in [2.05, 4.69) is 138 Å². The van der Waals surface area contributed by atoms with Gasteiger partial charge in [-0.15, -0.1) is 45.3 Å². The zero-order valence-electron chi connectivity index (χ0n) is 82.2. The molecule has 5 aromatic heterocycles. The zero-order valence-corrected chi connectivity index (χ0v) is 86.2. The van der Waals surface area contributed by atoms with Crippen molar-refractivity contribution in [3.63, 3.8) is 0 Å². The topological polar surface area (TPSA) is 188 Å². The zero-order chi connectivity index (χ0) is 99.0. The van der Waals surface area contributed by atoms with Gasteiger partial charge in [0, 0.05) is 139 Å². The molecule has 26 heteroatoms. The first-order valence-electron chi connectivity index (χ1n) is 48.7. The molecular formula is C116H123ClN10O11S4. The summed E-state index contributed by atoms with van der Waals surface area (Å²) in [7, 11) is 15.0. The van der Waals surface area contributed by atoms with Crippen LogP contribution in [0.5, 0.6) is 28.7 Å². The molecule has 10 heterocycles. The second-order valence-corrected chi connectivity index (χ2v) is 42.0. The molecular weight excluding hydrogens is 1870 g/mol. The molecule has 142 heavy (non-hydrogen) atoms. The number of likely N-dealkylation sites (tertiary alicyclic amines) is 5. The van der Waals surface area contributed by atoms with Gasteiger partial charge in [0.2, 0.25) is 0 Å². The van der Waals surface area contributed by atoms with E-state index in [1.165, 1.54) is 22.5 Å². The van der Waals surface area contributed by atoms with E-state index in [0.717, 1.165) is 247 Å². The molecule has 5 fully saturated rings. The van der Waals surface area contributed by atoms with Crippen molar-refractivity contribution in [3.8, 4) is 28.7 Å². The first kappa shape index (κ1) is 101. The number of carbonyl (C=O) groups is 5. The number of hydrogen-bond donors (Lipinski definition) is 1. The number of anilines is 5. The van der Waals surface area contributed by atoms with Gasteiger partial charge in [-0.25, -0.2) is 0 Å². The van der Waals surface area contributed by atoms with Crippen molar-refractivity contribution >= 4 is 166 Å². The van der Waals surface area contributed by atoms with Crippen molar-refractivity contribution < 1.29 is 52.4 Å².